The first-order chi connectivity index (χ1) is 9.70. The smallest absolute Gasteiger partial charge is 0.283 e. The Kier molecular flexibility index (Phi) is 5.58. The number of amides is 1. The molecule has 0 aliphatic carbocycles. The van der Waals surface area contributed by atoms with E-state index in [1.807, 2.05) is 16.8 Å². The van der Waals surface area contributed by atoms with Crippen LogP contribution in [0.3, 0.4) is 0 Å². The average molecular weight is 297 g/mol. The molecular formula is C14H19NO4S. The summed E-state index contributed by atoms with van der Waals surface area (Å²) < 4.78 is 11.1. The summed E-state index contributed by atoms with van der Waals surface area (Å²) in [6.45, 7) is 0.645. The minimum Gasteiger partial charge on any atom is -0.459 e. The van der Waals surface area contributed by atoms with Gasteiger partial charge in [-0.15, -0.1) is 0 Å². The Balaban J connectivity index is 1.99. The predicted molar refractivity (Wildman–Crippen MR) is 76.1 cm³/mol. The number of ether oxygens (including phenoxy) is 2. The molecule has 0 spiro atoms. The normalized spacial score (nSPS) is 22.1. The lowest BCUT2D eigenvalue weighted by Crippen LogP contribution is -2.29. The lowest BCUT2D eigenvalue weighted by Gasteiger charge is -2.28. The van der Waals surface area contributed by atoms with Crippen LogP contribution in [0.1, 0.15) is 30.7 Å². The number of unbranched alkanes of at least 4 members (excludes halogenated alkanes) is 1. The van der Waals surface area contributed by atoms with Crippen LogP contribution in [-0.2, 0) is 14.3 Å². The molecule has 1 aromatic heterocycles. The number of hydrogen-bond acceptors (Lipinski definition) is 5. The van der Waals surface area contributed by atoms with Gasteiger partial charge in [0.15, 0.2) is 5.76 Å². The largest absolute Gasteiger partial charge is 0.459 e. The zero-order valence-corrected chi connectivity index (χ0v) is 12.0. The Morgan fingerprint density at radius 2 is 2.40 bits per heavy atom. The van der Waals surface area contributed by atoms with E-state index in [1.54, 1.807) is 17.4 Å². The number of nitrogens with two attached hydrogens (primary N) is 1. The van der Waals surface area contributed by atoms with Crippen LogP contribution in [-0.4, -0.2) is 30.5 Å². The van der Waals surface area contributed by atoms with E-state index in [2.05, 4.69) is 0 Å². The Bertz CT molecular complexity index is 458. The molecule has 0 aromatic carbocycles. The van der Waals surface area contributed by atoms with Crippen molar-refractivity contribution in [3.8, 4) is 0 Å². The van der Waals surface area contributed by atoms with Crippen molar-refractivity contribution in [2.45, 2.75) is 31.5 Å². The van der Waals surface area contributed by atoms with Crippen molar-refractivity contribution in [3.05, 3.63) is 34.2 Å². The van der Waals surface area contributed by atoms with Crippen molar-refractivity contribution in [3.63, 3.8) is 0 Å². The van der Waals surface area contributed by atoms with E-state index in [0.717, 1.165) is 12.0 Å². The van der Waals surface area contributed by atoms with Crippen molar-refractivity contribution in [2.24, 2.45) is 5.73 Å². The number of allylic oxidation sites excluding steroid dienone is 1. The van der Waals surface area contributed by atoms with Crippen LogP contribution in [0.25, 0.3) is 0 Å². The predicted octanol–water partition coefficient (Wildman–Crippen LogP) is 1.74. The summed E-state index contributed by atoms with van der Waals surface area (Å²) >= 11 is 1.61. The first-order valence-corrected chi connectivity index (χ1v) is 7.58. The van der Waals surface area contributed by atoms with Gasteiger partial charge in [-0.05, 0) is 41.3 Å². The van der Waals surface area contributed by atoms with Gasteiger partial charge in [0.05, 0.1) is 6.61 Å². The third-order valence-corrected chi connectivity index (χ3v) is 3.83. The second kappa shape index (κ2) is 7.42. The number of carbonyl (C=O) groups is 1. The van der Waals surface area contributed by atoms with Gasteiger partial charge >= 0.3 is 0 Å². The summed E-state index contributed by atoms with van der Waals surface area (Å²) in [7, 11) is 0. The van der Waals surface area contributed by atoms with Crippen molar-refractivity contribution >= 4 is 17.2 Å². The van der Waals surface area contributed by atoms with E-state index in [4.69, 9.17) is 20.3 Å². The maximum Gasteiger partial charge on any atom is 0.283 e. The van der Waals surface area contributed by atoms with Crippen molar-refractivity contribution in [2.75, 3.05) is 13.2 Å². The first-order valence-electron chi connectivity index (χ1n) is 6.63. The van der Waals surface area contributed by atoms with Gasteiger partial charge in [-0.3, -0.25) is 4.79 Å². The molecule has 2 heterocycles. The molecule has 0 radical (unpaired) electrons. The van der Waals surface area contributed by atoms with Crippen LogP contribution in [0, 0.1) is 0 Å². The maximum atomic E-state index is 11.3. The molecule has 5 nitrogen and oxygen atoms in total. The van der Waals surface area contributed by atoms with Crippen LogP contribution >= 0.6 is 11.3 Å². The first kappa shape index (κ1) is 15.0. The summed E-state index contributed by atoms with van der Waals surface area (Å²) in [5.74, 6) is -0.325. The van der Waals surface area contributed by atoms with Gasteiger partial charge in [-0.2, -0.15) is 11.3 Å². The Labute approximate surface area is 122 Å². The summed E-state index contributed by atoms with van der Waals surface area (Å²) in [5.41, 5.74) is 6.44. The van der Waals surface area contributed by atoms with E-state index in [1.165, 1.54) is 0 Å². The molecule has 3 N–H and O–H groups in total. The molecule has 1 amide bonds. The molecule has 2 atom stereocenters. The highest BCUT2D eigenvalue weighted by Crippen LogP contribution is 2.32. The summed E-state index contributed by atoms with van der Waals surface area (Å²) in [5, 5.41) is 12.8. The number of aliphatic hydroxyl groups is 1. The number of carbonyl (C=O) groups excluding carboxylic acids is 1. The molecule has 1 aromatic rings. The van der Waals surface area contributed by atoms with Crippen molar-refractivity contribution in [1.82, 2.24) is 0 Å². The van der Waals surface area contributed by atoms with E-state index in [9.17, 15) is 4.79 Å². The molecule has 0 bridgehead atoms. The van der Waals surface area contributed by atoms with Gasteiger partial charge in [-0.25, -0.2) is 0 Å². The number of primary amides is 1. The number of rotatable bonds is 7. The third kappa shape index (κ3) is 4.06. The van der Waals surface area contributed by atoms with Gasteiger partial charge in [0, 0.05) is 18.9 Å². The summed E-state index contributed by atoms with van der Waals surface area (Å²) in [4.78, 5) is 11.3. The second-order valence-electron chi connectivity index (χ2n) is 4.64. The Morgan fingerprint density at radius 1 is 1.55 bits per heavy atom. The molecule has 0 saturated carbocycles. The molecule has 2 rings (SSSR count). The molecule has 1 aliphatic heterocycles. The third-order valence-electron chi connectivity index (χ3n) is 3.13. The highest BCUT2D eigenvalue weighted by atomic mass is 32.1. The van der Waals surface area contributed by atoms with Crippen LogP contribution in [0.5, 0.6) is 0 Å². The molecule has 0 unspecified atom stereocenters. The number of hydrogen-bond donors (Lipinski definition) is 2. The Hall–Kier alpha value is -1.37. The molecular weight excluding hydrogens is 278 g/mol. The quantitative estimate of drug-likeness (QED) is 0.751. The van der Waals surface area contributed by atoms with Crippen molar-refractivity contribution in [1.29, 1.82) is 0 Å². The fourth-order valence-electron chi connectivity index (χ4n) is 2.08. The molecule has 110 valence electrons. The zero-order chi connectivity index (χ0) is 14.4. The maximum absolute atomic E-state index is 11.3. The van der Waals surface area contributed by atoms with Crippen LogP contribution < -0.4 is 5.73 Å². The SMILES string of the molecule is NC(=O)C1=C[C@@H](c2ccsc2)C[C@@H](OCCCCO)O1. The lowest BCUT2D eigenvalue weighted by atomic mass is 9.95. The summed E-state index contributed by atoms with van der Waals surface area (Å²) in [6, 6.07) is 2.03. The minimum absolute atomic E-state index is 0.0836. The second-order valence-corrected chi connectivity index (χ2v) is 5.42. The Morgan fingerprint density at radius 3 is 3.05 bits per heavy atom. The van der Waals surface area contributed by atoms with Gasteiger partial charge in [0.2, 0.25) is 6.29 Å². The monoisotopic (exact) mass is 297 g/mol. The minimum atomic E-state index is -0.575. The van der Waals surface area contributed by atoms with Gasteiger partial charge in [-0.1, -0.05) is 0 Å². The topological polar surface area (TPSA) is 81.8 Å². The molecule has 1 aliphatic rings. The average Bonchev–Trinajstić information content (AvgIpc) is 2.97. The van der Waals surface area contributed by atoms with E-state index >= 15 is 0 Å². The molecule has 0 saturated heterocycles. The van der Waals surface area contributed by atoms with E-state index in [-0.39, 0.29) is 18.3 Å². The van der Waals surface area contributed by atoms with Crippen LogP contribution in [0.4, 0.5) is 0 Å². The zero-order valence-electron chi connectivity index (χ0n) is 11.2. The lowest BCUT2D eigenvalue weighted by molar-refractivity contribution is -0.144. The van der Waals surface area contributed by atoms with Crippen LogP contribution in [0.15, 0.2) is 28.7 Å². The highest BCUT2D eigenvalue weighted by molar-refractivity contribution is 7.08. The molecule has 6 heteroatoms. The molecule has 20 heavy (non-hydrogen) atoms. The van der Waals surface area contributed by atoms with Crippen LogP contribution in [0.2, 0.25) is 0 Å². The standard InChI is InChI=1S/C14H19NO4S/c15-14(17)12-7-11(10-3-6-20-9-10)8-13(19-12)18-5-2-1-4-16/h3,6-7,9,11,13,16H,1-2,4-5,8H2,(H2,15,17)/t11-,13+/m1/s1. The van der Waals surface area contributed by atoms with E-state index < -0.39 is 12.2 Å². The van der Waals surface area contributed by atoms with E-state index in [0.29, 0.717) is 19.4 Å². The fraction of sp³-hybridized carbons (Fsp3) is 0.500. The summed E-state index contributed by atoms with van der Waals surface area (Å²) in [6.07, 6.45) is 3.41. The van der Waals surface area contributed by atoms with Gasteiger partial charge < -0.3 is 20.3 Å². The van der Waals surface area contributed by atoms with Gasteiger partial charge in [0.25, 0.3) is 5.91 Å². The molecule has 0 fully saturated rings. The number of aliphatic hydroxyl groups excluding tert-OH is 1. The number of thiophene rings is 1. The fourth-order valence-corrected chi connectivity index (χ4v) is 2.80. The van der Waals surface area contributed by atoms with Gasteiger partial charge in [0.1, 0.15) is 0 Å². The van der Waals surface area contributed by atoms with Crippen molar-refractivity contribution < 1.29 is 19.4 Å². The highest BCUT2D eigenvalue weighted by Gasteiger charge is 2.27.